The van der Waals surface area contributed by atoms with Gasteiger partial charge < -0.3 is 15.0 Å². The first kappa shape index (κ1) is 13.4. The normalized spacial score (nSPS) is 23.1. The van der Waals surface area contributed by atoms with Crippen LogP contribution in [0.5, 0.6) is 5.88 Å². The molecule has 0 radical (unpaired) electrons. The van der Waals surface area contributed by atoms with Gasteiger partial charge in [-0.25, -0.2) is 4.98 Å². The maximum Gasteiger partial charge on any atom is 0.215 e. The Morgan fingerprint density at radius 2 is 2.25 bits per heavy atom. The average Bonchev–Trinajstić information content (AvgIpc) is 2.92. The van der Waals surface area contributed by atoms with Gasteiger partial charge in [-0.2, -0.15) is 4.98 Å². The minimum Gasteiger partial charge on any atom is -0.481 e. The zero-order chi connectivity index (χ0) is 14.0. The molecule has 0 amide bonds. The number of nitrogens with zero attached hydrogens (tertiary/aromatic N) is 2. The highest BCUT2D eigenvalue weighted by molar-refractivity contribution is 5.71. The monoisotopic (exact) mass is 274 g/mol. The van der Waals surface area contributed by atoms with Crippen LogP contribution >= 0.6 is 0 Å². The molecule has 20 heavy (non-hydrogen) atoms. The van der Waals surface area contributed by atoms with Gasteiger partial charge in [-0.3, -0.25) is 0 Å². The number of pyridine rings is 1. The van der Waals surface area contributed by atoms with Crippen LogP contribution in [0.15, 0.2) is 12.1 Å². The number of aromatic amines is 1. The lowest BCUT2D eigenvalue weighted by Gasteiger charge is -2.35. The molecular weight excluding hydrogens is 252 g/mol. The van der Waals surface area contributed by atoms with Gasteiger partial charge in [0.15, 0.2) is 5.65 Å². The standard InChI is InChI=1S/C15H22N4O/c1-3-7-15(8-4-9-16-10-15)14-17-11-5-6-12(20-2)18-13(11)19-14/h5-6,16H,3-4,7-10H2,1-2H3,(H,17,18,19). The largest absolute Gasteiger partial charge is 0.481 e. The lowest BCUT2D eigenvalue weighted by atomic mass is 9.76. The third kappa shape index (κ3) is 2.26. The highest BCUT2D eigenvalue weighted by atomic mass is 16.5. The Kier molecular flexibility index (Phi) is 3.61. The van der Waals surface area contributed by atoms with Crippen molar-refractivity contribution in [1.29, 1.82) is 0 Å². The highest BCUT2D eigenvalue weighted by Crippen LogP contribution is 2.35. The summed E-state index contributed by atoms with van der Waals surface area (Å²) in [7, 11) is 1.63. The van der Waals surface area contributed by atoms with Crippen molar-refractivity contribution in [2.45, 2.75) is 38.0 Å². The quantitative estimate of drug-likeness (QED) is 0.898. The zero-order valence-corrected chi connectivity index (χ0v) is 12.2. The van der Waals surface area contributed by atoms with Crippen molar-refractivity contribution in [1.82, 2.24) is 20.3 Å². The molecule has 1 unspecified atom stereocenters. The van der Waals surface area contributed by atoms with E-state index in [-0.39, 0.29) is 5.41 Å². The van der Waals surface area contributed by atoms with Gasteiger partial charge >= 0.3 is 0 Å². The van der Waals surface area contributed by atoms with Crippen molar-refractivity contribution < 1.29 is 4.74 Å². The van der Waals surface area contributed by atoms with E-state index >= 15 is 0 Å². The third-order valence-corrected chi connectivity index (χ3v) is 4.23. The molecule has 5 nitrogen and oxygen atoms in total. The van der Waals surface area contributed by atoms with E-state index < -0.39 is 0 Å². The lowest BCUT2D eigenvalue weighted by Crippen LogP contribution is -2.44. The van der Waals surface area contributed by atoms with Crippen molar-refractivity contribution in [3.05, 3.63) is 18.0 Å². The summed E-state index contributed by atoms with van der Waals surface area (Å²) >= 11 is 0. The first-order valence-electron chi connectivity index (χ1n) is 7.39. The fraction of sp³-hybridized carbons (Fsp3) is 0.600. The van der Waals surface area contributed by atoms with Gasteiger partial charge in [0, 0.05) is 18.0 Å². The van der Waals surface area contributed by atoms with Crippen molar-refractivity contribution in [3.63, 3.8) is 0 Å². The van der Waals surface area contributed by atoms with E-state index in [4.69, 9.17) is 9.72 Å². The maximum absolute atomic E-state index is 5.17. The van der Waals surface area contributed by atoms with Crippen LogP contribution in [0.25, 0.3) is 11.2 Å². The van der Waals surface area contributed by atoms with Crippen LogP contribution in [0, 0.1) is 0 Å². The van der Waals surface area contributed by atoms with E-state index in [9.17, 15) is 0 Å². The summed E-state index contributed by atoms with van der Waals surface area (Å²) < 4.78 is 5.17. The highest BCUT2D eigenvalue weighted by Gasteiger charge is 2.36. The average molecular weight is 274 g/mol. The Balaban J connectivity index is 2.02. The minimum atomic E-state index is 0.126. The molecule has 1 fully saturated rings. The molecule has 2 aromatic heterocycles. The predicted molar refractivity (Wildman–Crippen MR) is 79.1 cm³/mol. The molecule has 1 atom stereocenters. The molecule has 0 bridgehead atoms. The number of ether oxygens (including phenoxy) is 1. The summed E-state index contributed by atoms with van der Waals surface area (Å²) in [6.07, 6.45) is 4.70. The number of imidazole rings is 1. The Hall–Kier alpha value is -1.62. The van der Waals surface area contributed by atoms with Crippen LogP contribution in [0.2, 0.25) is 0 Å². The van der Waals surface area contributed by atoms with Gasteiger partial charge in [0.1, 0.15) is 5.82 Å². The molecule has 5 heteroatoms. The fourth-order valence-electron chi connectivity index (χ4n) is 3.22. The van der Waals surface area contributed by atoms with Gasteiger partial charge in [0.2, 0.25) is 5.88 Å². The molecule has 1 aliphatic heterocycles. The van der Waals surface area contributed by atoms with Crippen molar-refractivity contribution >= 4 is 11.2 Å². The molecule has 0 saturated carbocycles. The molecule has 1 saturated heterocycles. The SMILES string of the molecule is CCCC1(c2nc3nc(OC)ccc3[nH]2)CCCNC1. The summed E-state index contributed by atoms with van der Waals surface area (Å²) in [4.78, 5) is 12.6. The van der Waals surface area contributed by atoms with Crippen LogP contribution in [0.4, 0.5) is 0 Å². The molecule has 3 rings (SSSR count). The summed E-state index contributed by atoms with van der Waals surface area (Å²) in [6, 6.07) is 3.86. The van der Waals surface area contributed by atoms with Gasteiger partial charge in [-0.05, 0) is 31.9 Å². The molecule has 0 aromatic carbocycles. The number of piperidine rings is 1. The Bertz CT molecular complexity index is 581. The molecule has 2 N–H and O–H groups in total. The molecule has 0 spiro atoms. The van der Waals surface area contributed by atoms with E-state index in [1.807, 2.05) is 12.1 Å². The number of nitrogens with one attached hydrogen (secondary N) is 2. The Morgan fingerprint density at radius 3 is 2.95 bits per heavy atom. The lowest BCUT2D eigenvalue weighted by molar-refractivity contribution is 0.278. The number of rotatable bonds is 4. The van der Waals surface area contributed by atoms with Crippen LogP contribution in [0.1, 0.15) is 38.4 Å². The number of hydrogen-bond acceptors (Lipinski definition) is 4. The van der Waals surface area contributed by atoms with Crippen molar-refractivity contribution in [3.8, 4) is 5.88 Å². The summed E-state index contributed by atoms with van der Waals surface area (Å²) in [5.74, 6) is 1.68. The van der Waals surface area contributed by atoms with Crippen molar-refractivity contribution in [2.75, 3.05) is 20.2 Å². The smallest absolute Gasteiger partial charge is 0.215 e. The van der Waals surface area contributed by atoms with E-state index in [0.29, 0.717) is 5.88 Å². The summed E-state index contributed by atoms with van der Waals surface area (Å²) in [5, 5.41) is 3.52. The van der Waals surface area contributed by atoms with Crippen LogP contribution in [-0.4, -0.2) is 35.2 Å². The fourth-order valence-corrected chi connectivity index (χ4v) is 3.22. The van der Waals surface area contributed by atoms with Crippen LogP contribution < -0.4 is 10.1 Å². The van der Waals surface area contributed by atoms with Gasteiger partial charge in [0.05, 0.1) is 12.6 Å². The second-order valence-corrected chi connectivity index (χ2v) is 5.62. The molecule has 108 valence electrons. The number of aromatic nitrogens is 3. The van der Waals surface area contributed by atoms with Crippen LogP contribution in [0.3, 0.4) is 0 Å². The van der Waals surface area contributed by atoms with E-state index in [1.54, 1.807) is 7.11 Å². The second-order valence-electron chi connectivity index (χ2n) is 5.62. The van der Waals surface area contributed by atoms with Gasteiger partial charge in [-0.1, -0.05) is 13.3 Å². The number of hydrogen-bond donors (Lipinski definition) is 2. The molecular formula is C15H22N4O. The molecule has 3 heterocycles. The number of methoxy groups -OCH3 is 1. The van der Waals surface area contributed by atoms with Crippen LogP contribution in [-0.2, 0) is 5.41 Å². The number of fused-ring (bicyclic) bond motifs is 1. The Labute approximate surface area is 119 Å². The first-order chi connectivity index (χ1) is 9.77. The van der Waals surface area contributed by atoms with E-state index in [2.05, 4.69) is 22.2 Å². The third-order valence-electron chi connectivity index (χ3n) is 4.23. The van der Waals surface area contributed by atoms with Gasteiger partial charge in [-0.15, -0.1) is 0 Å². The first-order valence-corrected chi connectivity index (χ1v) is 7.39. The second kappa shape index (κ2) is 5.40. The summed E-state index contributed by atoms with van der Waals surface area (Å²) in [5.41, 5.74) is 1.86. The molecule has 0 aliphatic carbocycles. The Morgan fingerprint density at radius 1 is 1.35 bits per heavy atom. The number of H-pyrrole nitrogens is 1. The topological polar surface area (TPSA) is 62.8 Å². The minimum absolute atomic E-state index is 0.126. The van der Waals surface area contributed by atoms with E-state index in [0.717, 1.165) is 42.9 Å². The maximum atomic E-state index is 5.17. The molecule has 1 aliphatic rings. The zero-order valence-electron chi connectivity index (χ0n) is 12.2. The predicted octanol–water partition coefficient (Wildman–Crippen LogP) is 2.39. The summed E-state index contributed by atoms with van der Waals surface area (Å²) in [6.45, 7) is 4.34. The van der Waals surface area contributed by atoms with E-state index in [1.165, 1.54) is 12.8 Å². The molecule has 2 aromatic rings. The van der Waals surface area contributed by atoms with Crippen molar-refractivity contribution in [2.24, 2.45) is 0 Å². The van der Waals surface area contributed by atoms with Gasteiger partial charge in [0.25, 0.3) is 0 Å².